The lowest BCUT2D eigenvalue weighted by Crippen LogP contribution is -2.28. The molecular weight excluding hydrogens is 400 g/mol. The van der Waals surface area contributed by atoms with Crippen LogP contribution < -0.4 is 21.8 Å². The van der Waals surface area contributed by atoms with Crippen LogP contribution in [0, 0.1) is 0 Å². The van der Waals surface area contributed by atoms with Crippen molar-refractivity contribution in [2.75, 3.05) is 13.1 Å². The van der Waals surface area contributed by atoms with Crippen molar-refractivity contribution < 1.29 is 0 Å². The molecule has 2 aliphatic carbocycles. The predicted octanol–water partition coefficient (Wildman–Crippen LogP) is 4.04. The number of nitrogens with one attached hydrogen (secondary N) is 4. The molecule has 0 aliphatic heterocycles. The maximum Gasteiger partial charge on any atom is 0.248 e. The molecule has 2 heterocycles. The van der Waals surface area contributed by atoms with E-state index in [9.17, 15) is 9.59 Å². The first kappa shape index (κ1) is 23.0. The minimum absolute atomic E-state index is 0.0134. The van der Waals surface area contributed by atoms with Gasteiger partial charge >= 0.3 is 0 Å². The Morgan fingerprint density at radius 1 is 0.656 bits per heavy atom. The summed E-state index contributed by atoms with van der Waals surface area (Å²) in [5.74, 6) is 0. The van der Waals surface area contributed by atoms with Gasteiger partial charge in [-0.2, -0.15) is 0 Å². The predicted molar refractivity (Wildman–Crippen MR) is 129 cm³/mol. The molecule has 0 bridgehead atoms. The van der Waals surface area contributed by atoms with Gasteiger partial charge < -0.3 is 20.6 Å². The Bertz CT molecular complexity index is 901. The quantitative estimate of drug-likeness (QED) is 0.399. The van der Waals surface area contributed by atoms with Crippen molar-refractivity contribution in [3.05, 3.63) is 67.5 Å². The van der Waals surface area contributed by atoms with Crippen LogP contribution in [0.2, 0.25) is 0 Å². The number of fused-ring (bicyclic) bond motifs is 2. The average molecular weight is 439 g/mol. The molecule has 2 aliphatic rings. The molecule has 4 N–H and O–H groups in total. The molecule has 0 amide bonds. The topological polar surface area (TPSA) is 89.8 Å². The van der Waals surface area contributed by atoms with Crippen LogP contribution in [-0.2, 0) is 12.8 Å². The third-order valence-electron chi connectivity index (χ3n) is 7.05. The molecule has 2 aromatic rings. The Hall–Kier alpha value is -2.18. The zero-order valence-electron chi connectivity index (χ0n) is 19.2. The largest absolute Gasteiger partial charge is 0.326 e. The highest BCUT2D eigenvalue weighted by Crippen LogP contribution is 2.28. The molecule has 6 heteroatoms. The Morgan fingerprint density at radius 2 is 1.09 bits per heavy atom. The first-order chi connectivity index (χ1) is 15.7. The number of aryl methyl sites for hydroxylation is 2. The summed E-state index contributed by atoms with van der Waals surface area (Å²) < 4.78 is 0. The Morgan fingerprint density at radius 3 is 1.56 bits per heavy atom. The fourth-order valence-electron chi connectivity index (χ4n) is 5.33. The van der Waals surface area contributed by atoms with E-state index in [2.05, 4.69) is 20.6 Å². The molecule has 174 valence electrons. The highest BCUT2D eigenvalue weighted by Gasteiger charge is 2.21. The van der Waals surface area contributed by atoms with Gasteiger partial charge in [0.05, 0.1) is 0 Å². The minimum atomic E-state index is 0.0134. The SMILES string of the molecule is O=c1ccc2c([nH]1)CCC[C@@H]2NCCCCCCCCN[C@@H]1CCCc2[nH]c(=O)ccc21. The smallest absolute Gasteiger partial charge is 0.248 e. The highest BCUT2D eigenvalue weighted by molar-refractivity contribution is 5.27. The van der Waals surface area contributed by atoms with Gasteiger partial charge in [-0.3, -0.25) is 9.59 Å². The molecule has 0 spiro atoms. The molecule has 2 atom stereocenters. The molecule has 0 saturated heterocycles. The minimum Gasteiger partial charge on any atom is -0.326 e. The van der Waals surface area contributed by atoms with Crippen molar-refractivity contribution in [2.45, 2.75) is 89.1 Å². The van der Waals surface area contributed by atoms with Crippen LogP contribution in [0.4, 0.5) is 0 Å². The van der Waals surface area contributed by atoms with Crippen LogP contribution >= 0.6 is 0 Å². The molecular formula is C26H38N4O2. The summed E-state index contributed by atoms with van der Waals surface area (Å²) in [6.45, 7) is 2.10. The van der Waals surface area contributed by atoms with Gasteiger partial charge in [0, 0.05) is 35.6 Å². The summed E-state index contributed by atoms with van der Waals surface area (Å²) in [6.07, 6.45) is 14.1. The van der Waals surface area contributed by atoms with Crippen molar-refractivity contribution in [3.8, 4) is 0 Å². The number of hydrogen-bond acceptors (Lipinski definition) is 4. The van der Waals surface area contributed by atoms with Gasteiger partial charge in [0.1, 0.15) is 0 Å². The van der Waals surface area contributed by atoms with Gasteiger partial charge in [-0.15, -0.1) is 0 Å². The van der Waals surface area contributed by atoms with Gasteiger partial charge in [-0.1, -0.05) is 37.8 Å². The van der Waals surface area contributed by atoms with E-state index < -0.39 is 0 Å². The van der Waals surface area contributed by atoms with Crippen molar-refractivity contribution >= 4 is 0 Å². The van der Waals surface area contributed by atoms with E-state index in [0.717, 1.165) is 63.0 Å². The number of H-pyrrole nitrogens is 2. The first-order valence-corrected chi connectivity index (χ1v) is 12.6. The Kier molecular flexibility index (Phi) is 8.35. The van der Waals surface area contributed by atoms with Crippen LogP contribution in [0.5, 0.6) is 0 Å². The molecule has 0 saturated carbocycles. The summed E-state index contributed by atoms with van der Waals surface area (Å²) in [4.78, 5) is 29.1. The van der Waals surface area contributed by atoms with Crippen molar-refractivity contribution in [3.63, 3.8) is 0 Å². The van der Waals surface area contributed by atoms with E-state index in [4.69, 9.17) is 0 Å². The molecule has 0 fully saturated rings. The number of rotatable bonds is 11. The normalized spacial score (nSPS) is 20.0. The summed E-state index contributed by atoms with van der Waals surface area (Å²) in [5.41, 5.74) is 4.85. The number of hydrogen-bond donors (Lipinski definition) is 4. The lowest BCUT2D eigenvalue weighted by atomic mass is 9.91. The third kappa shape index (κ3) is 6.20. The second-order valence-corrected chi connectivity index (χ2v) is 9.43. The number of pyridine rings is 2. The summed E-state index contributed by atoms with van der Waals surface area (Å²) in [7, 11) is 0. The second kappa shape index (κ2) is 11.6. The Balaban J connectivity index is 1.05. The first-order valence-electron chi connectivity index (χ1n) is 12.6. The standard InChI is InChI=1S/C26H38N4O2/c31-25-15-13-19-21(9-7-11-23(19)29-25)27-17-5-3-1-2-4-6-18-28-22-10-8-12-24-20(22)14-16-26(32)30-24/h13-16,21-22,27-28H,1-12,17-18H2,(H,29,31)(H,30,32)/t21-,22+. The van der Waals surface area contributed by atoms with Crippen LogP contribution in [-0.4, -0.2) is 23.1 Å². The number of unbranched alkanes of at least 4 members (excludes halogenated alkanes) is 5. The number of aromatic nitrogens is 2. The van der Waals surface area contributed by atoms with E-state index in [-0.39, 0.29) is 11.1 Å². The molecule has 6 nitrogen and oxygen atoms in total. The third-order valence-corrected chi connectivity index (χ3v) is 7.05. The van der Waals surface area contributed by atoms with Crippen molar-refractivity contribution in [1.29, 1.82) is 0 Å². The summed E-state index contributed by atoms with van der Waals surface area (Å²) in [6, 6.07) is 8.10. The lowest BCUT2D eigenvalue weighted by molar-refractivity contribution is 0.436. The zero-order chi connectivity index (χ0) is 22.2. The van der Waals surface area contributed by atoms with E-state index in [1.54, 1.807) is 12.1 Å². The number of aromatic amines is 2. The highest BCUT2D eigenvalue weighted by atomic mass is 16.1. The molecule has 0 radical (unpaired) electrons. The van der Waals surface area contributed by atoms with Crippen molar-refractivity contribution in [1.82, 2.24) is 20.6 Å². The Labute approximate surface area is 190 Å². The molecule has 2 aromatic heterocycles. The second-order valence-electron chi connectivity index (χ2n) is 9.43. The monoisotopic (exact) mass is 438 g/mol. The van der Waals surface area contributed by atoms with Crippen LogP contribution in [0.15, 0.2) is 33.9 Å². The van der Waals surface area contributed by atoms with Gasteiger partial charge in [0.25, 0.3) is 0 Å². The van der Waals surface area contributed by atoms with Crippen LogP contribution in [0.1, 0.15) is 98.8 Å². The molecule has 0 aromatic carbocycles. The fourth-order valence-corrected chi connectivity index (χ4v) is 5.33. The molecule has 0 unspecified atom stereocenters. The van der Waals surface area contributed by atoms with E-state index in [1.807, 2.05) is 12.1 Å². The van der Waals surface area contributed by atoms with Gasteiger partial charge in [0.2, 0.25) is 11.1 Å². The molecule has 32 heavy (non-hydrogen) atoms. The van der Waals surface area contributed by atoms with Gasteiger partial charge in [0.15, 0.2) is 0 Å². The maximum absolute atomic E-state index is 11.5. The van der Waals surface area contributed by atoms with Crippen LogP contribution in [0.3, 0.4) is 0 Å². The van der Waals surface area contributed by atoms with E-state index in [1.165, 1.54) is 49.7 Å². The average Bonchev–Trinajstić information content (AvgIpc) is 2.80. The summed E-state index contributed by atoms with van der Waals surface area (Å²) in [5, 5.41) is 7.40. The van der Waals surface area contributed by atoms with Crippen molar-refractivity contribution in [2.24, 2.45) is 0 Å². The fraction of sp³-hybridized carbons (Fsp3) is 0.615. The van der Waals surface area contributed by atoms with Gasteiger partial charge in [-0.25, -0.2) is 0 Å². The lowest BCUT2D eigenvalue weighted by Gasteiger charge is -2.26. The maximum atomic E-state index is 11.5. The van der Waals surface area contributed by atoms with Crippen LogP contribution in [0.25, 0.3) is 0 Å². The zero-order valence-corrected chi connectivity index (χ0v) is 19.2. The van der Waals surface area contributed by atoms with Gasteiger partial charge in [-0.05, 0) is 75.6 Å². The summed E-state index contributed by atoms with van der Waals surface area (Å²) >= 11 is 0. The van der Waals surface area contributed by atoms with E-state index in [0.29, 0.717) is 12.1 Å². The van der Waals surface area contributed by atoms with E-state index >= 15 is 0 Å². The molecule has 4 rings (SSSR count).